The summed E-state index contributed by atoms with van der Waals surface area (Å²) in [5, 5.41) is 4.53. The summed E-state index contributed by atoms with van der Waals surface area (Å²) in [5.41, 5.74) is 0.823. The predicted octanol–water partition coefficient (Wildman–Crippen LogP) is 1.98. The van der Waals surface area contributed by atoms with Crippen LogP contribution in [0.2, 0.25) is 0 Å². The van der Waals surface area contributed by atoms with E-state index in [-0.39, 0.29) is 18.3 Å². The average molecular weight is 407 g/mol. The number of nitrogens with one attached hydrogen (secondary N) is 2. The van der Waals surface area contributed by atoms with E-state index >= 15 is 0 Å². The summed E-state index contributed by atoms with van der Waals surface area (Å²) < 4.78 is 0. The average Bonchev–Trinajstić information content (AvgIpc) is 3.35. The maximum atomic E-state index is 13.1. The third-order valence-corrected chi connectivity index (χ3v) is 6.62. The van der Waals surface area contributed by atoms with Gasteiger partial charge in [-0.1, -0.05) is 0 Å². The van der Waals surface area contributed by atoms with Gasteiger partial charge in [0, 0.05) is 43.8 Å². The monoisotopic (exact) mass is 406 g/mol. The van der Waals surface area contributed by atoms with Gasteiger partial charge in [-0.15, -0.1) is 24.2 Å². The molecule has 2 aromatic heterocycles. The lowest BCUT2D eigenvalue weighted by molar-refractivity contribution is -0.128. The Bertz CT molecular complexity index is 870. The summed E-state index contributed by atoms with van der Waals surface area (Å²) in [6.07, 6.45) is 7.77. The van der Waals surface area contributed by atoms with E-state index in [0.29, 0.717) is 6.04 Å². The number of aromatic nitrogens is 3. The minimum absolute atomic E-state index is 0. The molecule has 2 atom stereocenters. The topological polar surface area (TPSA) is 77.2 Å². The van der Waals surface area contributed by atoms with Gasteiger partial charge in [0.05, 0.1) is 10.3 Å². The molecule has 0 saturated carbocycles. The summed E-state index contributed by atoms with van der Waals surface area (Å²) in [4.78, 5) is 29.8. The fraction of sp³-hybridized carbons (Fsp3) is 0.500. The summed E-state index contributed by atoms with van der Waals surface area (Å²) in [6.45, 7) is 3.63. The number of H-pyrrole nitrogens is 1. The molecule has 7 nitrogen and oxygen atoms in total. The Labute approximate surface area is 168 Å². The van der Waals surface area contributed by atoms with Crippen LogP contribution in [0.25, 0.3) is 11.0 Å². The van der Waals surface area contributed by atoms with Gasteiger partial charge in [-0.2, -0.15) is 0 Å². The van der Waals surface area contributed by atoms with E-state index in [9.17, 15) is 4.79 Å². The summed E-state index contributed by atoms with van der Waals surface area (Å²) >= 11 is 1.65. The SMILES string of the molecule is Cl.O=C(C1=CN(c2ncnc3[nH]ccc23)CCS1)N1CC[C@H]2CCN[C@H]2C1. The Morgan fingerprint density at radius 1 is 1.26 bits per heavy atom. The molecule has 144 valence electrons. The van der Waals surface area contributed by atoms with Gasteiger partial charge < -0.3 is 20.1 Å². The minimum Gasteiger partial charge on any atom is -0.346 e. The molecule has 5 rings (SSSR count). The first-order valence-electron chi connectivity index (χ1n) is 9.21. The number of hydrogen-bond acceptors (Lipinski definition) is 6. The lowest BCUT2D eigenvalue weighted by Crippen LogP contribution is -2.49. The van der Waals surface area contributed by atoms with Crippen LogP contribution in [0.5, 0.6) is 0 Å². The number of piperidine rings is 1. The van der Waals surface area contributed by atoms with Crippen molar-refractivity contribution in [2.45, 2.75) is 18.9 Å². The largest absolute Gasteiger partial charge is 0.346 e. The third-order valence-electron chi connectivity index (χ3n) is 5.64. The Kier molecular flexibility index (Phi) is 5.29. The zero-order chi connectivity index (χ0) is 17.5. The maximum absolute atomic E-state index is 13.1. The maximum Gasteiger partial charge on any atom is 0.261 e. The van der Waals surface area contributed by atoms with E-state index in [0.717, 1.165) is 66.0 Å². The molecule has 27 heavy (non-hydrogen) atoms. The number of carbonyl (C=O) groups excluding carboxylic acids is 1. The van der Waals surface area contributed by atoms with Crippen LogP contribution in [0.1, 0.15) is 12.8 Å². The number of thioether (sulfide) groups is 1. The zero-order valence-corrected chi connectivity index (χ0v) is 16.6. The summed E-state index contributed by atoms with van der Waals surface area (Å²) in [6, 6.07) is 2.46. The number of hydrogen-bond donors (Lipinski definition) is 2. The zero-order valence-electron chi connectivity index (χ0n) is 14.9. The van der Waals surface area contributed by atoms with Gasteiger partial charge in [0.15, 0.2) is 0 Å². The quantitative estimate of drug-likeness (QED) is 0.794. The van der Waals surface area contributed by atoms with E-state index in [2.05, 4.69) is 25.2 Å². The molecule has 2 aromatic rings. The van der Waals surface area contributed by atoms with Crippen LogP contribution in [0.3, 0.4) is 0 Å². The van der Waals surface area contributed by atoms with E-state index in [1.807, 2.05) is 23.4 Å². The van der Waals surface area contributed by atoms with Crippen molar-refractivity contribution in [1.29, 1.82) is 0 Å². The van der Waals surface area contributed by atoms with Crippen LogP contribution in [-0.4, -0.2) is 63.7 Å². The minimum atomic E-state index is 0. The normalized spacial score (nSPS) is 25.1. The Morgan fingerprint density at radius 3 is 3.11 bits per heavy atom. The molecule has 0 radical (unpaired) electrons. The van der Waals surface area contributed by atoms with Crippen LogP contribution in [0, 0.1) is 5.92 Å². The Morgan fingerprint density at radius 2 is 2.19 bits per heavy atom. The standard InChI is InChI=1S/C18H22N6OS.ClH/c25-18(24-6-3-12-1-4-19-14(12)9-24)15-10-23(7-8-26-15)17-13-2-5-20-16(13)21-11-22-17;/h2,5,10-12,14,19H,1,3-4,6-9H2,(H,20,21,22);1H/t12-,14+;/m1./s1. The molecule has 9 heteroatoms. The van der Waals surface area contributed by atoms with Crippen molar-refractivity contribution in [3.63, 3.8) is 0 Å². The van der Waals surface area contributed by atoms with Gasteiger partial charge >= 0.3 is 0 Å². The number of rotatable bonds is 2. The smallest absolute Gasteiger partial charge is 0.261 e. The molecular formula is C18H23ClN6OS. The van der Waals surface area contributed by atoms with Crippen LogP contribution in [-0.2, 0) is 4.79 Å². The third kappa shape index (κ3) is 3.41. The molecule has 2 N–H and O–H groups in total. The molecule has 5 heterocycles. The molecule has 0 bridgehead atoms. The van der Waals surface area contributed by atoms with Gasteiger partial charge in [0.25, 0.3) is 5.91 Å². The fourth-order valence-electron chi connectivity index (χ4n) is 4.24. The first kappa shape index (κ1) is 18.6. The van der Waals surface area contributed by atoms with Gasteiger partial charge in [-0.3, -0.25) is 4.79 Å². The van der Waals surface area contributed by atoms with Crippen molar-refractivity contribution in [1.82, 2.24) is 25.2 Å². The highest BCUT2D eigenvalue weighted by Gasteiger charge is 2.35. The second-order valence-corrected chi connectivity index (χ2v) is 8.26. The number of fused-ring (bicyclic) bond motifs is 2. The van der Waals surface area contributed by atoms with Crippen molar-refractivity contribution in [3.05, 3.63) is 29.7 Å². The molecule has 0 aromatic carbocycles. The first-order chi connectivity index (χ1) is 12.8. The van der Waals surface area contributed by atoms with E-state index in [4.69, 9.17) is 0 Å². The molecule has 0 spiro atoms. The molecule has 3 aliphatic heterocycles. The number of carbonyl (C=O) groups is 1. The molecule has 0 unspecified atom stereocenters. The van der Waals surface area contributed by atoms with Crippen molar-refractivity contribution in [3.8, 4) is 0 Å². The second kappa shape index (κ2) is 7.69. The molecule has 3 aliphatic rings. The van der Waals surface area contributed by atoms with Crippen molar-refractivity contribution < 1.29 is 4.79 Å². The molecular weight excluding hydrogens is 384 g/mol. The van der Waals surface area contributed by atoms with E-state index < -0.39 is 0 Å². The van der Waals surface area contributed by atoms with Crippen LogP contribution >= 0.6 is 24.2 Å². The predicted molar refractivity (Wildman–Crippen MR) is 110 cm³/mol. The number of likely N-dealkylation sites (tertiary alicyclic amines) is 1. The first-order valence-corrected chi connectivity index (χ1v) is 10.2. The number of halogens is 1. The molecule has 0 aliphatic carbocycles. The van der Waals surface area contributed by atoms with E-state index in [1.165, 1.54) is 6.42 Å². The number of nitrogens with zero attached hydrogens (tertiary/aromatic N) is 4. The van der Waals surface area contributed by atoms with Crippen LogP contribution in [0.15, 0.2) is 29.7 Å². The molecule has 1 amide bonds. The van der Waals surface area contributed by atoms with Crippen molar-refractivity contribution >= 4 is 46.9 Å². The summed E-state index contributed by atoms with van der Waals surface area (Å²) in [5.74, 6) is 2.64. The molecule has 2 fully saturated rings. The van der Waals surface area contributed by atoms with Gasteiger partial charge in [0.1, 0.15) is 17.8 Å². The number of anilines is 1. The fourth-order valence-corrected chi connectivity index (χ4v) is 5.20. The Balaban J connectivity index is 0.00000180. The van der Waals surface area contributed by atoms with Crippen molar-refractivity contribution in [2.24, 2.45) is 5.92 Å². The number of aromatic amines is 1. The highest BCUT2D eigenvalue weighted by molar-refractivity contribution is 8.04. The van der Waals surface area contributed by atoms with Gasteiger partial charge in [0.2, 0.25) is 0 Å². The second-order valence-electron chi connectivity index (χ2n) is 7.12. The van der Waals surface area contributed by atoms with Crippen molar-refractivity contribution in [2.75, 3.05) is 36.8 Å². The van der Waals surface area contributed by atoms with E-state index in [1.54, 1.807) is 18.1 Å². The molecule has 2 saturated heterocycles. The lowest BCUT2D eigenvalue weighted by atomic mass is 9.92. The number of amides is 1. The summed E-state index contributed by atoms with van der Waals surface area (Å²) in [7, 11) is 0. The van der Waals surface area contributed by atoms with Gasteiger partial charge in [-0.25, -0.2) is 9.97 Å². The lowest BCUT2D eigenvalue weighted by Gasteiger charge is -2.36. The van der Waals surface area contributed by atoms with Gasteiger partial charge in [-0.05, 0) is 31.4 Å². The highest BCUT2D eigenvalue weighted by Crippen LogP contribution is 2.32. The Hall–Kier alpha value is -1.77. The highest BCUT2D eigenvalue weighted by atomic mass is 35.5. The van der Waals surface area contributed by atoms with Crippen LogP contribution in [0.4, 0.5) is 5.82 Å². The van der Waals surface area contributed by atoms with Crippen LogP contribution < -0.4 is 10.2 Å².